The summed E-state index contributed by atoms with van der Waals surface area (Å²) in [5, 5.41) is 9.40. The topological polar surface area (TPSA) is 73.7 Å². The molecule has 5 heterocycles. The fourth-order valence-corrected chi connectivity index (χ4v) is 4.53. The first-order valence-corrected chi connectivity index (χ1v) is 10.7. The molecule has 0 aromatic carbocycles. The molecule has 0 saturated carbocycles. The van der Waals surface area contributed by atoms with Gasteiger partial charge >= 0.3 is 0 Å². The third-order valence-corrected chi connectivity index (χ3v) is 6.15. The Morgan fingerprint density at radius 3 is 2.59 bits per heavy atom. The normalized spacial score (nSPS) is 23.6. The van der Waals surface area contributed by atoms with Gasteiger partial charge in [0.1, 0.15) is 6.26 Å². The van der Waals surface area contributed by atoms with Crippen LogP contribution in [0.15, 0.2) is 24.9 Å². The number of anilines is 1. The van der Waals surface area contributed by atoms with Crippen molar-refractivity contribution in [1.82, 2.24) is 19.7 Å². The van der Waals surface area contributed by atoms with Crippen LogP contribution in [0.5, 0.6) is 0 Å². The predicted octanol–water partition coefficient (Wildman–Crippen LogP) is 3.02. The van der Waals surface area contributed by atoms with Crippen molar-refractivity contribution in [2.75, 3.05) is 31.7 Å². The van der Waals surface area contributed by atoms with E-state index in [2.05, 4.69) is 28.4 Å². The molecule has 2 saturated heterocycles. The van der Waals surface area contributed by atoms with Crippen molar-refractivity contribution in [3.05, 3.63) is 30.4 Å². The molecule has 5 rings (SSSR count). The van der Waals surface area contributed by atoms with Gasteiger partial charge in [0.15, 0.2) is 5.65 Å². The van der Waals surface area contributed by atoms with E-state index in [9.17, 15) is 0 Å². The zero-order chi connectivity index (χ0) is 19.6. The molecule has 0 radical (unpaired) electrons. The van der Waals surface area contributed by atoms with Crippen molar-refractivity contribution < 1.29 is 14.2 Å². The fourth-order valence-electron chi connectivity index (χ4n) is 4.53. The molecule has 0 aliphatic carbocycles. The summed E-state index contributed by atoms with van der Waals surface area (Å²) in [6.07, 6.45) is 11.6. The Bertz CT molecular complexity index is 871. The van der Waals surface area contributed by atoms with Crippen LogP contribution in [0.2, 0.25) is 0 Å². The molecule has 3 aliphatic rings. The summed E-state index contributed by atoms with van der Waals surface area (Å²) in [7, 11) is 0. The molecule has 2 aromatic rings. The van der Waals surface area contributed by atoms with Gasteiger partial charge in [-0.2, -0.15) is 5.10 Å². The lowest BCUT2D eigenvalue weighted by Crippen LogP contribution is -2.37. The zero-order valence-corrected chi connectivity index (χ0v) is 16.9. The lowest BCUT2D eigenvalue weighted by molar-refractivity contribution is -0.0140. The highest BCUT2D eigenvalue weighted by atomic mass is 16.5. The average Bonchev–Trinajstić information content (AvgIpc) is 3.42. The van der Waals surface area contributed by atoms with Crippen LogP contribution in [0.25, 0.3) is 11.0 Å². The molecule has 0 bridgehead atoms. The van der Waals surface area contributed by atoms with Crippen molar-refractivity contribution in [1.29, 1.82) is 0 Å². The first-order chi connectivity index (χ1) is 14.3. The maximum absolute atomic E-state index is 6.09. The molecule has 156 valence electrons. The molecular weight excluding hydrogens is 370 g/mol. The average molecular weight is 399 g/mol. The van der Waals surface area contributed by atoms with Crippen LogP contribution in [0, 0.1) is 0 Å². The number of ether oxygens (including phenoxy) is 3. The second-order valence-electron chi connectivity index (χ2n) is 7.88. The summed E-state index contributed by atoms with van der Waals surface area (Å²) in [5.41, 5.74) is 3.07. The summed E-state index contributed by atoms with van der Waals surface area (Å²) in [4.78, 5) is 7.09. The Labute approximate surface area is 170 Å². The lowest BCUT2D eigenvalue weighted by Gasteiger charge is -2.36. The molecule has 1 atom stereocenters. The van der Waals surface area contributed by atoms with Gasteiger partial charge in [-0.3, -0.25) is 0 Å². The summed E-state index contributed by atoms with van der Waals surface area (Å²) in [5.74, 6) is 0. The van der Waals surface area contributed by atoms with Gasteiger partial charge in [-0.05, 0) is 32.6 Å². The fraction of sp³-hybridized carbons (Fsp3) is 0.619. The summed E-state index contributed by atoms with van der Waals surface area (Å²) in [6, 6.07) is 0.793. The van der Waals surface area contributed by atoms with Crippen molar-refractivity contribution in [2.45, 2.75) is 57.5 Å². The largest absolute Gasteiger partial charge is 0.472 e. The SMILES string of the molecule is CCn1ncc2c(NC3CCOCC3)c(C3OC=CN3C3CCOCC3)cnc21. The van der Waals surface area contributed by atoms with Crippen LogP contribution >= 0.6 is 0 Å². The summed E-state index contributed by atoms with van der Waals surface area (Å²) < 4.78 is 19.1. The van der Waals surface area contributed by atoms with Crippen LogP contribution in [-0.4, -0.2) is 58.2 Å². The number of hydrogen-bond acceptors (Lipinski definition) is 7. The van der Waals surface area contributed by atoms with Gasteiger partial charge in [-0.1, -0.05) is 0 Å². The highest BCUT2D eigenvalue weighted by Gasteiger charge is 2.33. The van der Waals surface area contributed by atoms with Gasteiger partial charge in [0.2, 0.25) is 6.23 Å². The number of fused-ring (bicyclic) bond motifs is 1. The molecule has 2 aromatic heterocycles. The molecular formula is C21H29N5O3. The predicted molar refractivity (Wildman–Crippen MR) is 109 cm³/mol. The number of rotatable bonds is 5. The van der Waals surface area contributed by atoms with Crippen molar-refractivity contribution in [2.24, 2.45) is 0 Å². The monoisotopic (exact) mass is 399 g/mol. The number of pyridine rings is 1. The molecule has 1 N–H and O–H groups in total. The van der Waals surface area contributed by atoms with Crippen LogP contribution in [0.3, 0.4) is 0 Å². The first-order valence-electron chi connectivity index (χ1n) is 10.7. The van der Waals surface area contributed by atoms with Gasteiger partial charge in [0, 0.05) is 57.5 Å². The van der Waals surface area contributed by atoms with E-state index in [0.717, 1.165) is 80.9 Å². The Balaban J connectivity index is 1.52. The molecule has 8 heteroatoms. The maximum atomic E-state index is 6.09. The molecule has 0 amide bonds. The van der Waals surface area contributed by atoms with E-state index in [-0.39, 0.29) is 6.23 Å². The molecule has 8 nitrogen and oxygen atoms in total. The van der Waals surface area contributed by atoms with Crippen molar-refractivity contribution in [3.8, 4) is 0 Å². The third-order valence-electron chi connectivity index (χ3n) is 6.15. The van der Waals surface area contributed by atoms with Gasteiger partial charge in [-0.15, -0.1) is 0 Å². The van der Waals surface area contributed by atoms with E-state index in [1.807, 2.05) is 17.1 Å². The zero-order valence-electron chi connectivity index (χ0n) is 16.9. The molecule has 29 heavy (non-hydrogen) atoms. The number of nitrogens with zero attached hydrogens (tertiary/aromatic N) is 4. The van der Waals surface area contributed by atoms with Crippen molar-refractivity contribution in [3.63, 3.8) is 0 Å². The summed E-state index contributed by atoms with van der Waals surface area (Å²) >= 11 is 0. The van der Waals surface area contributed by atoms with E-state index in [4.69, 9.17) is 19.2 Å². The first kappa shape index (κ1) is 18.7. The molecule has 3 aliphatic heterocycles. The Morgan fingerprint density at radius 2 is 1.83 bits per heavy atom. The number of hydrogen-bond donors (Lipinski definition) is 1. The Hall–Kier alpha value is -2.32. The van der Waals surface area contributed by atoms with Gasteiger partial charge in [0.05, 0.1) is 22.8 Å². The van der Waals surface area contributed by atoms with Crippen LogP contribution in [0.1, 0.15) is 44.4 Å². The molecule has 2 fully saturated rings. The third kappa shape index (κ3) is 3.55. The Kier molecular flexibility index (Phi) is 5.28. The minimum Gasteiger partial charge on any atom is -0.472 e. The van der Waals surface area contributed by atoms with E-state index in [1.165, 1.54) is 0 Å². The second-order valence-corrected chi connectivity index (χ2v) is 7.88. The smallest absolute Gasteiger partial charge is 0.201 e. The lowest BCUT2D eigenvalue weighted by atomic mass is 10.0. The second kappa shape index (κ2) is 8.20. The van der Waals surface area contributed by atoms with Crippen LogP contribution in [-0.2, 0) is 20.8 Å². The Morgan fingerprint density at radius 1 is 1.07 bits per heavy atom. The van der Waals surface area contributed by atoms with Gasteiger partial charge in [-0.25, -0.2) is 9.67 Å². The number of aromatic nitrogens is 3. The van der Waals surface area contributed by atoms with Gasteiger partial charge < -0.3 is 24.4 Å². The number of nitrogens with one attached hydrogen (secondary N) is 1. The van der Waals surface area contributed by atoms with Crippen LogP contribution in [0.4, 0.5) is 5.69 Å². The standard InChI is InChI=1S/C21H29N5O3/c1-2-26-20-17(14-23-26)19(24-15-3-8-27-9-4-15)18(13-22-20)21-25(7-12-29-21)16-5-10-28-11-6-16/h7,12-16,21H,2-6,8-11H2,1H3,(H,22,24). The van der Waals surface area contributed by atoms with E-state index >= 15 is 0 Å². The number of aryl methyl sites for hydroxylation is 1. The van der Waals surface area contributed by atoms with Crippen molar-refractivity contribution >= 4 is 16.7 Å². The maximum Gasteiger partial charge on any atom is 0.201 e. The highest BCUT2D eigenvalue weighted by molar-refractivity contribution is 5.91. The van der Waals surface area contributed by atoms with Gasteiger partial charge in [0.25, 0.3) is 0 Å². The van der Waals surface area contributed by atoms with E-state index in [1.54, 1.807) is 6.26 Å². The minimum atomic E-state index is -0.178. The van der Waals surface area contributed by atoms with E-state index in [0.29, 0.717) is 12.1 Å². The quantitative estimate of drug-likeness (QED) is 0.828. The summed E-state index contributed by atoms with van der Waals surface area (Å²) in [6.45, 7) is 6.08. The van der Waals surface area contributed by atoms with E-state index < -0.39 is 0 Å². The molecule has 1 unspecified atom stereocenters. The highest BCUT2D eigenvalue weighted by Crippen LogP contribution is 2.39. The minimum absolute atomic E-state index is 0.178. The van der Waals surface area contributed by atoms with Crippen LogP contribution < -0.4 is 5.32 Å². The molecule has 0 spiro atoms.